The fourth-order valence-electron chi connectivity index (χ4n) is 1.39. The van der Waals surface area contributed by atoms with E-state index in [1.807, 2.05) is 6.92 Å². The second kappa shape index (κ2) is 18.9. The number of hydrogen-bond acceptors (Lipinski definition) is 4. The molecule has 0 rings (SSSR count). The summed E-state index contributed by atoms with van der Waals surface area (Å²) in [5.74, 6) is 0.812. The number of halogens is 1. The van der Waals surface area contributed by atoms with Crippen LogP contribution in [0.15, 0.2) is 4.99 Å². The van der Waals surface area contributed by atoms with Crippen LogP contribution in [0.25, 0.3) is 0 Å². The first kappa shape index (κ1) is 22.2. The third-order valence-electron chi connectivity index (χ3n) is 2.41. The zero-order valence-corrected chi connectivity index (χ0v) is 15.3. The van der Waals surface area contributed by atoms with Gasteiger partial charge in [-0.15, -0.1) is 24.0 Å². The molecule has 0 saturated heterocycles. The molecule has 0 aromatic carbocycles. The van der Waals surface area contributed by atoms with Crippen molar-refractivity contribution in [2.24, 2.45) is 4.99 Å². The minimum absolute atomic E-state index is 0. The number of hydrogen-bond donors (Lipinski definition) is 2. The smallest absolute Gasteiger partial charge is 0.191 e. The van der Waals surface area contributed by atoms with Crippen molar-refractivity contribution in [2.45, 2.75) is 19.8 Å². The summed E-state index contributed by atoms with van der Waals surface area (Å²) >= 11 is 0. The third kappa shape index (κ3) is 15.9. The predicted octanol–water partition coefficient (Wildman–Crippen LogP) is 1.25. The van der Waals surface area contributed by atoms with Crippen LogP contribution < -0.4 is 10.6 Å². The van der Waals surface area contributed by atoms with Crippen molar-refractivity contribution < 1.29 is 14.2 Å². The highest BCUT2D eigenvalue weighted by molar-refractivity contribution is 14.0. The zero-order valence-electron chi connectivity index (χ0n) is 12.9. The van der Waals surface area contributed by atoms with Crippen LogP contribution in [-0.2, 0) is 14.2 Å². The first-order chi connectivity index (χ1) is 9.35. The van der Waals surface area contributed by atoms with Gasteiger partial charge in [0.15, 0.2) is 5.96 Å². The molecule has 0 unspecified atom stereocenters. The van der Waals surface area contributed by atoms with Gasteiger partial charge in [-0.25, -0.2) is 0 Å². The Morgan fingerprint density at radius 2 is 1.70 bits per heavy atom. The van der Waals surface area contributed by atoms with E-state index in [-0.39, 0.29) is 24.0 Å². The Hall–Kier alpha value is -0.120. The highest BCUT2D eigenvalue weighted by atomic mass is 127. The number of aliphatic imine (C=N–C) groups is 1. The first-order valence-electron chi connectivity index (χ1n) is 6.94. The number of methoxy groups -OCH3 is 1. The number of rotatable bonds is 12. The number of nitrogens with zero attached hydrogens (tertiary/aromatic N) is 1. The Bertz CT molecular complexity index is 201. The van der Waals surface area contributed by atoms with Crippen LogP contribution in [0.5, 0.6) is 0 Å². The Morgan fingerprint density at radius 3 is 2.35 bits per heavy atom. The molecule has 0 aliphatic carbocycles. The molecule has 20 heavy (non-hydrogen) atoms. The average molecular weight is 403 g/mol. The standard InChI is InChI=1S/C13H29N3O3.HI/c1-4-18-9-6-5-7-15-13(14-2)16-8-10-19-12-11-17-3;/h4-12H2,1-3H3,(H2,14,15,16);1H. The second-order valence-corrected chi connectivity index (χ2v) is 3.93. The largest absolute Gasteiger partial charge is 0.382 e. The lowest BCUT2D eigenvalue weighted by molar-refractivity contribution is 0.0733. The number of unbranched alkanes of at least 4 members (excludes halogenated alkanes) is 1. The zero-order chi connectivity index (χ0) is 14.2. The van der Waals surface area contributed by atoms with Crippen molar-refractivity contribution in [3.63, 3.8) is 0 Å². The second-order valence-electron chi connectivity index (χ2n) is 3.93. The molecule has 0 bridgehead atoms. The highest BCUT2D eigenvalue weighted by Gasteiger charge is 1.96. The summed E-state index contributed by atoms with van der Waals surface area (Å²) in [4.78, 5) is 4.14. The molecule has 0 aromatic heterocycles. The van der Waals surface area contributed by atoms with E-state index < -0.39 is 0 Å². The van der Waals surface area contributed by atoms with Gasteiger partial charge in [0.1, 0.15) is 0 Å². The molecule has 0 fully saturated rings. The van der Waals surface area contributed by atoms with Crippen LogP contribution in [0.3, 0.4) is 0 Å². The molecular formula is C13H30IN3O3. The summed E-state index contributed by atoms with van der Waals surface area (Å²) in [5, 5.41) is 6.44. The van der Waals surface area contributed by atoms with Crippen molar-refractivity contribution in [2.75, 3.05) is 60.3 Å². The SMILES string of the molecule is CCOCCCCNC(=NC)NCCOCCOC.I. The fraction of sp³-hybridized carbons (Fsp3) is 0.923. The topological polar surface area (TPSA) is 64.1 Å². The maximum atomic E-state index is 5.35. The van der Waals surface area contributed by atoms with Crippen molar-refractivity contribution in [3.8, 4) is 0 Å². The van der Waals surface area contributed by atoms with Crippen LogP contribution >= 0.6 is 24.0 Å². The Balaban J connectivity index is 0. The maximum Gasteiger partial charge on any atom is 0.191 e. The van der Waals surface area contributed by atoms with Crippen LogP contribution in [0.2, 0.25) is 0 Å². The lowest BCUT2D eigenvalue weighted by atomic mass is 10.3. The molecule has 0 aliphatic rings. The molecule has 0 saturated carbocycles. The van der Waals surface area contributed by atoms with Crippen molar-refractivity contribution in [1.82, 2.24) is 10.6 Å². The molecular weight excluding hydrogens is 373 g/mol. The summed E-state index contributed by atoms with van der Waals surface area (Å²) in [7, 11) is 3.43. The summed E-state index contributed by atoms with van der Waals surface area (Å²) in [6.45, 7) is 7.18. The van der Waals surface area contributed by atoms with Crippen LogP contribution in [0, 0.1) is 0 Å². The predicted molar refractivity (Wildman–Crippen MR) is 93.2 cm³/mol. The van der Waals surface area contributed by atoms with E-state index in [0.29, 0.717) is 19.8 Å². The highest BCUT2D eigenvalue weighted by Crippen LogP contribution is 1.88. The van der Waals surface area contributed by atoms with Crippen LogP contribution in [-0.4, -0.2) is 66.2 Å². The molecule has 0 amide bonds. The minimum Gasteiger partial charge on any atom is -0.382 e. The summed E-state index contributed by atoms with van der Waals surface area (Å²) in [6, 6.07) is 0. The van der Waals surface area contributed by atoms with Gasteiger partial charge in [0.25, 0.3) is 0 Å². The van der Waals surface area contributed by atoms with E-state index in [1.165, 1.54) is 0 Å². The lowest BCUT2D eigenvalue weighted by Gasteiger charge is -2.12. The third-order valence-corrected chi connectivity index (χ3v) is 2.41. The van der Waals surface area contributed by atoms with Gasteiger partial charge in [-0.2, -0.15) is 0 Å². The molecule has 0 heterocycles. The van der Waals surface area contributed by atoms with E-state index in [1.54, 1.807) is 14.2 Å². The lowest BCUT2D eigenvalue weighted by Crippen LogP contribution is -2.39. The molecule has 2 N–H and O–H groups in total. The van der Waals surface area contributed by atoms with Gasteiger partial charge in [-0.1, -0.05) is 0 Å². The Morgan fingerprint density at radius 1 is 0.950 bits per heavy atom. The fourth-order valence-corrected chi connectivity index (χ4v) is 1.39. The van der Waals surface area contributed by atoms with E-state index in [0.717, 1.165) is 45.1 Å². The van der Waals surface area contributed by atoms with E-state index in [9.17, 15) is 0 Å². The quantitative estimate of drug-likeness (QED) is 0.222. The van der Waals surface area contributed by atoms with Crippen LogP contribution in [0.4, 0.5) is 0 Å². The molecule has 0 aliphatic heterocycles. The summed E-state index contributed by atoms with van der Waals surface area (Å²) in [5.41, 5.74) is 0. The summed E-state index contributed by atoms with van der Waals surface area (Å²) in [6.07, 6.45) is 2.14. The van der Waals surface area contributed by atoms with Gasteiger partial charge in [0.2, 0.25) is 0 Å². The molecule has 0 radical (unpaired) electrons. The monoisotopic (exact) mass is 403 g/mol. The molecule has 6 nitrogen and oxygen atoms in total. The number of nitrogens with one attached hydrogen (secondary N) is 2. The molecule has 7 heteroatoms. The van der Waals surface area contributed by atoms with Gasteiger partial charge >= 0.3 is 0 Å². The Kier molecular flexibility index (Phi) is 20.9. The van der Waals surface area contributed by atoms with Gasteiger partial charge < -0.3 is 24.8 Å². The van der Waals surface area contributed by atoms with Gasteiger partial charge in [0.05, 0.1) is 19.8 Å². The van der Waals surface area contributed by atoms with E-state index in [2.05, 4.69) is 15.6 Å². The van der Waals surface area contributed by atoms with Crippen molar-refractivity contribution in [3.05, 3.63) is 0 Å². The van der Waals surface area contributed by atoms with Gasteiger partial charge in [0, 0.05) is 40.5 Å². The van der Waals surface area contributed by atoms with Gasteiger partial charge in [-0.3, -0.25) is 4.99 Å². The van der Waals surface area contributed by atoms with E-state index >= 15 is 0 Å². The normalized spacial score (nSPS) is 11.1. The molecule has 0 aromatic rings. The van der Waals surface area contributed by atoms with Crippen LogP contribution in [0.1, 0.15) is 19.8 Å². The summed E-state index contributed by atoms with van der Waals surface area (Å²) < 4.78 is 15.5. The molecule has 0 atom stereocenters. The first-order valence-corrected chi connectivity index (χ1v) is 6.94. The minimum atomic E-state index is 0. The average Bonchev–Trinajstić information content (AvgIpc) is 2.44. The Labute approximate surface area is 140 Å². The molecule has 122 valence electrons. The maximum absolute atomic E-state index is 5.35. The number of ether oxygens (including phenoxy) is 3. The van der Waals surface area contributed by atoms with Crippen molar-refractivity contribution >= 4 is 29.9 Å². The molecule has 0 spiro atoms. The van der Waals surface area contributed by atoms with Crippen molar-refractivity contribution in [1.29, 1.82) is 0 Å². The van der Waals surface area contributed by atoms with E-state index in [4.69, 9.17) is 14.2 Å². The number of guanidine groups is 1. The van der Waals surface area contributed by atoms with Gasteiger partial charge in [-0.05, 0) is 19.8 Å².